The lowest BCUT2D eigenvalue weighted by atomic mass is 10.1. The summed E-state index contributed by atoms with van der Waals surface area (Å²) < 4.78 is 29.0. The van der Waals surface area contributed by atoms with E-state index in [-0.39, 0.29) is 16.8 Å². The van der Waals surface area contributed by atoms with Crippen LogP contribution in [0.4, 0.5) is 5.69 Å². The molecule has 7 nitrogen and oxygen atoms in total. The molecule has 2 aromatic carbocycles. The summed E-state index contributed by atoms with van der Waals surface area (Å²) in [4.78, 5) is 21.5. The first-order chi connectivity index (χ1) is 14.8. The normalized spacial score (nSPS) is 16.9. The van der Waals surface area contributed by atoms with E-state index in [1.165, 1.54) is 6.92 Å². The molecule has 0 saturated heterocycles. The SMILES string of the molecule is CCC(NS(=O)(=O)c1ccc2c(c1)CC(C)N2C(C)=O)c1ncc(-c2ccccc2)[nH]1. The predicted molar refractivity (Wildman–Crippen MR) is 120 cm³/mol. The number of carbonyl (C=O) groups excluding carboxylic acids is 1. The average molecular weight is 439 g/mol. The second kappa shape index (κ2) is 8.28. The summed E-state index contributed by atoms with van der Waals surface area (Å²) in [5.74, 6) is 0.528. The second-order valence-electron chi connectivity index (χ2n) is 7.86. The molecule has 2 heterocycles. The van der Waals surface area contributed by atoms with Crippen LogP contribution in [0, 0.1) is 0 Å². The van der Waals surface area contributed by atoms with Gasteiger partial charge in [0.05, 0.1) is 22.8 Å². The first-order valence-corrected chi connectivity index (χ1v) is 11.8. The smallest absolute Gasteiger partial charge is 0.241 e. The van der Waals surface area contributed by atoms with Crippen LogP contribution in [0.5, 0.6) is 0 Å². The maximum Gasteiger partial charge on any atom is 0.241 e. The number of imidazole rings is 1. The Hall–Kier alpha value is -2.97. The van der Waals surface area contributed by atoms with E-state index < -0.39 is 16.1 Å². The van der Waals surface area contributed by atoms with Crippen LogP contribution >= 0.6 is 0 Å². The summed E-state index contributed by atoms with van der Waals surface area (Å²) in [6.45, 7) is 5.39. The number of carbonyl (C=O) groups is 1. The highest BCUT2D eigenvalue weighted by Gasteiger charge is 2.31. The van der Waals surface area contributed by atoms with Gasteiger partial charge in [-0.25, -0.2) is 18.1 Å². The molecule has 0 spiro atoms. The monoisotopic (exact) mass is 438 g/mol. The van der Waals surface area contributed by atoms with Crippen molar-refractivity contribution in [3.63, 3.8) is 0 Å². The Morgan fingerprint density at radius 1 is 1.26 bits per heavy atom. The van der Waals surface area contributed by atoms with Gasteiger partial charge in [-0.05, 0) is 49.1 Å². The summed E-state index contributed by atoms with van der Waals surface area (Å²) >= 11 is 0. The number of anilines is 1. The van der Waals surface area contributed by atoms with E-state index in [9.17, 15) is 13.2 Å². The molecule has 8 heteroatoms. The Morgan fingerprint density at radius 3 is 2.68 bits per heavy atom. The Bertz CT molecular complexity index is 1200. The molecule has 2 unspecified atom stereocenters. The molecule has 1 amide bonds. The van der Waals surface area contributed by atoms with Crippen molar-refractivity contribution in [1.29, 1.82) is 0 Å². The maximum absolute atomic E-state index is 13.1. The van der Waals surface area contributed by atoms with Crippen molar-refractivity contribution in [1.82, 2.24) is 14.7 Å². The summed E-state index contributed by atoms with van der Waals surface area (Å²) in [6, 6.07) is 14.2. The molecule has 3 aromatic rings. The van der Waals surface area contributed by atoms with Crippen molar-refractivity contribution in [2.45, 2.75) is 50.6 Å². The highest BCUT2D eigenvalue weighted by Crippen LogP contribution is 2.34. The molecule has 0 radical (unpaired) electrons. The van der Waals surface area contributed by atoms with E-state index in [0.717, 1.165) is 22.5 Å². The number of aromatic amines is 1. The quantitative estimate of drug-likeness (QED) is 0.612. The highest BCUT2D eigenvalue weighted by atomic mass is 32.2. The van der Waals surface area contributed by atoms with Crippen LogP contribution < -0.4 is 9.62 Å². The number of benzene rings is 2. The van der Waals surface area contributed by atoms with Crippen LogP contribution in [-0.4, -0.2) is 30.3 Å². The van der Waals surface area contributed by atoms with Gasteiger partial charge in [0.15, 0.2) is 0 Å². The van der Waals surface area contributed by atoms with Crippen molar-refractivity contribution in [3.05, 3.63) is 66.1 Å². The third-order valence-corrected chi connectivity index (χ3v) is 7.10. The lowest BCUT2D eigenvalue weighted by Gasteiger charge is -2.20. The Balaban J connectivity index is 1.58. The molecule has 1 aliphatic heterocycles. The molecular weight excluding hydrogens is 412 g/mol. The minimum Gasteiger partial charge on any atom is -0.341 e. The van der Waals surface area contributed by atoms with Crippen molar-refractivity contribution >= 4 is 21.6 Å². The number of fused-ring (bicyclic) bond motifs is 1. The van der Waals surface area contributed by atoms with E-state index in [0.29, 0.717) is 18.7 Å². The van der Waals surface area contributed by atoms with Gasteiger partial charge < -0.3 is 9.88 Å². The number of nitrogens with zero attached hydrogens (tertiary/aromatic N) is 2. The number of aromatic nitrogens is 2. The first-order valence-electron chi connectivity index (χ1n) is 10.4. The van der Waals surface area contributed by atoms with Crippen molar-refractivity contribution in [2.24, 2.45) is 0 Å². The van der Waals surface area contributed by atoms with Crippen LogP contribution in [0.1, 0.15) is 44.6 Å². The zero-order valence-corrected chi connectivity index (χ0v) is 18.6. The highest BCUT2D eigenvalue weighted by molar-refractivity contribution is 7.89. The fraction of sp³-hybridized carbons (Fsp3) is 0.304. The maximum atomic E-state index is 13.1. The predicted octanol–water partition coefficient (Wildman–Crippen LogP) is 3.80. The van der Waals surface area contributed by atoms with Gasteiger partial charge in [0.25, 0.3) is 0 Å². The molecule has 1 aliphatic rings. The molecule has 0 aliphatic carbocycles. The van der Waals surface area contributed by atoms with Gasteiger partial charge in [-0.1, -0.05) is 37.3 Å². The van der Waals surface area contributed by atoms with E-state index in [4.69, 9.17) is 0 Å². The summed E-state index contributed by atoms with van der Waals surface area (Å²) in [7, 11) is -3.77. The van der Waals surface area contributed by atoms with Gasteiger partial charge in [-0.3, -0.25) is 4.79 Å². The minimum atomic E-state index is -3.77. The number of hydrogen-bond acceptors (Lipinski definition) is 4. The topological polar surface area (TPSA) is 95.2 Å². The molecule has 4 rings (SSSR count). The molecule has 0 bridgehead atoms. The zero-order valence-electron chi connectivity index (χ0n) is 17.8. The number of rotatable bonds is 6. The van der Waals surface area contributed by atoms with Crippen molar-refractivity contribution < 1.29 is 13.2 Å². The van der Waals surface area contributed by atoms with Crippen LogP contribution in [-0.2, 0) is 21.2 Å². The van der Waals surface area contributed by atoms with E-state index >= 15 is 0 Å². The van der Waals surface area contributed by atoms with E-state index in [2.05, 4.69) is 14.7 Å². The van der Waals surface area contributed by atoms with Gasteiger partial charge in [-0.15, -0.1) is 0 Å². The number of sulfonamides is 1. The summed E-state index contributed by atoms with van der Waals surface area (Å²) in [5.41, 5.74) is 3.47. The largest absolute Gasteiger partial charge is 0.341 e. The Morgan fingerprint density at radius 2 is 2.00 bits per heavy atom. The van der Waals surface area contributed by atoms with Gasteiger partial charge >= 0.3 is 0 Å². The average Bonchev–Trinajstić information content (AvgIpc) is 3.36. The third kappa shape index (κ3) is 4.13. The van der Waals surface area contributed by atoms with E-state index in [1.54, 1.807) is 29.3 Å². The Labute approximate surface area is 182 Å². The number of amides is 1. The van der Waals surface area contributed by atoms with Gasteiger partial charge in [-0.2, -0.15) is 0 Å². The summed E-state index contributed by atoms with van der Waals surface area (Å²) in [6.07, 6.45) is 2.89. The molecule has 2 atom stereocenters. The second-order valence-corrected chi connectivity index (χ2v) is 9.58. The fourth-order valence-electron chi connectivity index (χ4n) is 4.12. The lowest BCUT2D eigenvalue weighted by molar-refractivity contribution is -0.116. The van der Waals surface area contributed by atoms with Gasteiger partial charge in [0, 0.05) is 18.7 Å². The van der Waals surface area contributed by atoms with Gasteiger partial charge in [0.1, 0.15) is 5.82 Å². The fourth-order valence-corrected chi connectivity index (χ4v) is 5.45. The van der Waals surface area contributed by atoms with Gasteiger partial charge in [0.2, 0.25) is 15.9 Å². The van der Waals surface area contributed by atoms with Crippen LogP contribution in [0.2, 0.25) is 0 Å². The molecule has 0 fully saturated rings. The Kier molecular flexibility index (Phi) is 5.68. The molecule has 162 valence electrons. The van der Waals surface area contributed by atoms with E-state index in [1.807, 2.05) is 44.2 Å². The minimum absolute atomic E-state index is 0.0151. The van der Waals surface area contributed by atoms with Crippen molar-refractivity contribution in [2.75, 3.05) is 4.90 Å². The molecular formula is C23H26N4O3S. The lowest BCUT2D eigenvalue weighted by Crippen LogP contribution is -2.33. The molecule has 31 heavy (non-hydrogen) atoms. The summed E-state index contributed by atoms with van der Waals surface area (Å²) in [5, 5.41) is 0. The van der Waals surface area contributed by atoms with Crippen LogP contribution in [0.3, 0.4) is 0 Å². The first kappa shape index (κ1) is 21.3. The third-order valence-electron chi connectivity index (χ3n) is 5.63. The zero-order chi connectivity index (χ0) is 22.2. The number of nitrogens with one attached hydrogen (secondary N) is 2. The standard InChI is InChI=1S/C23H26N4O3S/c1-4-20(23-24-14-21(25-23)17-8-6-5-7-9-17)26-31(29,30)19-10-11-22-18(13-19)12-15(2)27(22)16(3)28/h5-11,13-15,20,26H,4,12H2,1-3H3,(H,24,25). The van der Waals surface area contributed by atoms with Crippen LogP contribution in [0.15, 0.2) is 59.6 Å². The molecule has 1 aromatic heterocycles. The van der Waals surface area contributed by atoms with Crippen molar-refractivity contribution in [3.8, 4) is 11.3 Å². The number of H-pyrrole nitrogens is 1. The van der Waals surface area contributed by atoms with Crippen LogP contribution in [0.25, 0.3) is 11.3 Å². The number of hydrogen-bond donors (Lipinski definition) is 2. The molecule has 0 saturated carbocycles. The molecule has 2 N–H and O–H groups in total.